The molecule has 0 radical (unpaired) electrons. The van der Waals surface area contributed by atoms with E-state index in [1.54, 1.807) is 18.2 Å². The normalized spacial score (nSPS) is 15.5. The zero-order valence-electron chi connectivity index (χ0n) is 34.8. The molecule has 9 aromatic rings. The predicted molar refractivity (Wildman–Crippen MR) is 180 cm³/mol. The molecule has 0 saturated heterocycles. The zero-order chi connectivity index (χ0) is 39.5. The number of furan rings is 1. The van der Waals surface area contributed by atoms with Gasteiger partial charge in [-0.3, -0.25) is 0 Å². The lowest BCUT2D eigenvalue weighted by molar-refractivity contribution is 0.669. The minimum Gasteiger partial charge on any atom is -0.456 e. The number of aromatic nitrogens is 3. The second-order valence-corrected chi connectivity index (χ2v) is 10.1. The Labute approximate surface area is 270 Å². The van der Waals surface area contributed by atoms with Crippen LogP contribution in [0, 0.1) is 0 Å². The number of para-hydroxylation sites is 3. The minimum absolute atomic E-state index is 0.0637. The summed E-state index contributed by atoms with van der Waals surface area (Å²) in [4.78, 5) is 9.76. The van der Waals surface area contributed by atoms with Gasteiger partial charge in [0.2, 0.25) is 0 Å². The van der Waals surface area contributed by atoms with Crippen LogP contribution in [0.3, 0.4) is 0 Å². The fourth-order valence-corrected chi connectivity index (χ4v) is 5.54. The largest absolute Gasteiger partial charge is 0.456 e. The minimum atomic E-state index is -0.706. The molecule has 0 aliphatic heterocycles. The smallest absolute Gasteiger partial charge is 0.160 e. The Morgan fingerprint density at radius 3 is 2.14 bits per heavy atom. The standard InChI is InChI=1S/C40H25N3O/c1-3-11-26(12-4-1)34-25-35(42-40(41-34)28-20-22-39-33(23-28)32-16-8-10-18-38(32)44-39)27-19-21-31-30-15-7-9-17-36(30)43(37(31)24-27)29-13-5-2-6-14-29/h1-25H/i2D,5D,6D,7D,9D,13D,14D,15D,17D,19D,21D,24D. The van der Waals surface area contributed by atoms with E-state index in [0.717, 1.165) is 15.3 Å². The second kappa shape index (κ2) is 9.79. The van der Waals surface area contributed by atoms with Crippen molar-refractivity contribution < 1.29 is 20.9 Å². The van der Waals surface area contributed by atoms with E-state index < -0.39 is 78.2 Å². The highest BCUT2D eigenvalue weighted by atomic mass is 16.3. The van der Waals surface area contributed by atoms with Crippen LogP contribution >= 0.6 is 0 Å². The first kappa shape index (κ1) is 15.5. The Morgan fingerprint density at radius 1 is 0.523 bits per heavy atom. The summed E-state index contributed by atoms with van der Waals surface area (Å²) in [7, 11) is 0. The number of nitrogens with zero attached hydrogens (tertiary/aromatic N) is 3. The van der Waals surface area contributed by atoms with Crippen molar-refractivity contribution in [1.29, 1.82) is 0 Å². The topological polar surface area (TPSA) is 43.9 Å². The van der Waals surface area contributed by atoms with E-state index in [0.29, 0.717) is 28.0 Å². The molecule has 0 N–H and O–H groups in total. The van der Waals surface area contributed by atoms with Gasteiger partial charge in [-0.05, 0) is 54.5 Å². The predicted octanol–water partition coefficient (Wildman–Crippen LogP) is 10.5. The number of fused-ring (bicyclic) bond motifs is 6. The molecule has 0 saturated carbocycles. The van der Waals surface area contributed by atoms with E-state index in [1.165, 1.54) is 0 Å². The maximum absolute atomic E-state index is 9.74. The maximum Gasteiger partial charge on any atom is 0.160 e. The fraction of sp³-hybridized carbons (Fsp3) is 0. The Balaban J connectivity index is 1.42. The van der Waals surface area contributed by atoms with Crippen molar-refractivity contribution in [2.24, 2.45) is 0 Å². The van der Waals surface area contributed by atoms with Crippen LogP contribution < -0.4 is 0 Å². The van der Waals surface area contributed by atoms with Crippen LogP contribution in [0.25, 0.3) is 83.3 Å². The summed E-state index contributed by atoms with van der Waals surface area (Å²) >= 11 is 0. The molecule has 0 fully saturated rings. The molecule has 9 rings (SSSR count). The van der Waals surface area contributed by atoms with Crippen LogP contribution in [0.15, 0.2) is 156 Å². The highest BCUT2D eigenvalue weighted by molar-refractivity contribution is 6.10. The number of hydrogen-bond acceptors (Lipinski definition) is 3. The summed E-state index contributed by atoms with van der Waals surface area (Å²) in [5, 5.41) is 1.25. The first-order chi connectivity index (χ1) is 26.8. The first-order valence-electron chi connectivity index (χ1n) is 19.8. The molecule has 6 aromatic carbocycles. The van der Waals surface area contributed by atoms with Crippen LogP contribution in [-0.2, 0) is 0 Å². The van der Waals surface area contributed by atoms with Crippen LogP contribution in [0.5, 0.6) is 0 Å². The van der Waals surface area contributed by atoms with Crippen LogP contribution in [0.4, 0.5) is 0 Å². The van der Waals surface area contributed by atoms with E-state index >= 15 is 0 Å². The highest BCUT2D eigenvalue weighted by Crippen LogP contribution is 2.36. The molecule has 4 heteroatoms. The van der Waals surface area contributed by atoms with Gasteiger partial charge in [0.15, 0.2) is 5.82 Å². The summed E-state index contributed by atoms with van der Waals surface area (Å²) < 4.78 is 113. The lowest BCUT2D eigenvalue weighted by atomic mass is 10.0. The molecule has 44 heavy (non-hydrogen) atoms. The summed E-state index contributed by atoms with van der Waals surface area (Å²) in [6.45, 7) is 0. The van der Waals surface area contributed by atoms with Gasteiger partial charge in [0, 0.05) is 43.9 Å². The number of benzene rings is 6. The molecule has 0 bridgehead atoms. The monoisotopic (exact) mass is 575 g/mol. The van der Waals surface area contributed by atoms with Crippen molar-refractivity contribution in [2.45, 2.75) is 0 Å². The summed E-state index contributed by atoms with van der Waals surface area (Å²) in [6, 6.07) is 16.4. The fourth-order valence-electron chi connectivity index (χ4n) is 5.54. The number of rotatable bonds is 4. The van der Waals surface area contributed by atoms with Gasteiger partial charge >= 0.3 is 0 Å². The Hall–Kier alpha value is -6.00. The van der Waals surface area contributed by atoms with E-state index in [4.69, 9.17) is 26.7 Å². The van der Waals surface area contributed by atoms with Gasteiger partial charge in [0.25, 0.3) is 0 Å². The van der Waals surface area contributed by atoms with E-state index in [-0.39, 0.29) is 38.9 Å². The molecule has 206 valence electrons. The third-order valence-electron chi connectivity index (χ3n) is 7.55. The summed E-state index contributed by atoms with van der Waals surface area (Å²) in [6.07, 6.45) is 0. The second-order valence-electron chi connectivity index (χ2n) is 10.1. The van der Waals surface area contributed by atoms with E-state index in [9.17, 15) is 4.11 Å². The molecule has 0 unspecified atom stereocenters. The van der Waals surface area contributed by atoms with Gasteiger partial charge in [-0.1, -0.05) is 96.9 Å². The Morgan fingerprint density at radius 2 is 1.25 bits per heavy atom. The molecule has 0 aliphatic carbocycles. The molecule has 0 aliphatic rings. The van der Waals surface area contributed by atoms with Gasteiger partial charge in [0.1, 0.15) is 11.2 Å². The molecular formula is C40H25N3O. The van der Waals surface area contributed by atoms with Crippen LogP contribution in [-0.4, -0.2) is 14.5 Å². The van der Waals surface area contributed by atoms with E-state index in [2.05, 4.69) is 0 Å². The molecular weight excluding hydrogens is 538 g/mol. The van der Waals surface area contributed by atoms with Crippen molar-refractivity contribution in [1.82, 2.24) is 14.5 Å². The average molecular weight is 576 g/mol. The maximum atomic E-state index is 9.74. The van der Waals surface area contributed by atoms with Crippen LogP contribution in [0.2, 0.25) is 0 Å². The van der Waals surface area contributed by atoms with Crippen molar-refractivity contribution in [3.05, 3.63) is 151 Å². The van der Waals surface area contributed by atoms with Gasteiger partial charge in [-0.25, -0.2) is 9.97 Å². The van der Waals surface area contributed by atoms with Crippen molar-refractivity contribution in [2.75, 3.05) is 0 Å². The molecule has 0 spiro atoms. The Bertz CT molecular complexity index is 3150. The molecule has 4 nitrogen and oxygen atoms in total. The average Bonchev–Trinajstić information content (AvgIpc) is 3.77. The van der Waals surface area contributed by atoms with Gasteiger partial charge in [-0.15, -0.1) is 0 Å². The molecule has 0 atom stereocenters. The SMILES string of the molecule is [2H]c1c([2H])c([2H])c(-n2c3c([2H])c([2H])c([2H])c([2H])c3c3c([2H])c([2H])c(-c4cc(-c5ccccc5)nc(-c5ccc6oc7ccccc7c6c5)n4)c([2H])c32)c([2H])c1[2H]. The van der Waals surface area contributed by atoms with Gasteiger partial charge in [-0.2, -0.15) is 0 Å². The van der Waals surface area contributed by atoms with Gasteiger partial charge < -0.3 is 8.98 Å². The quantitative estimate of drug-likeness (QED) is 0.210. The van der Waals surface area contributed by atoms with Crippen LogP contribution in [0.1, 0.15) is 16.4 Å². The third-order valence-corrected chi connectivity index (χ3v) is 7.55. The van der Waals surface area contributed by atoms with E-state index in [1.807, 2.05) is 60.7 Å². The van der Waals surface area contributed by atoms with Crippen molar-refractivity contribution >= 4 is 43.7 Å². The summed E-state index contributed by atoms with van der Waals surface area (Å²) in [5.41, 5.74) is 1.91. The third kappa shape index (κ3) is 3.92. The first-order valence-corrected chi connectivity index (χ1v) is 13.8. The summed E-state index contributed by atoms with van der Waals surface area (Å²) in [5.74, 6) is 0.227. The number of hydrogen-bond donors (Lipinski definition) is 0. The molecule has 0 amide bonds. The highest BCUT2D eigenvalue weighted by Gasteiger charge is 2.16. The lowest BCUT2D eigenvalue weighted by Gasteiger charge is -2.11. The van der Waals surface area contributed by atoms with Gasteiger partial charge in [0.05, 0.1) is 38.9 Å². The zero-order valence-corrected chi connectivity index (χ0v) is 22.8. The van der Waals surface area contributed by atoms with Crippen molar-refractivity contribution in [3.63, 3.8) is 0 Å². The molecule has 3 heterocycles. The van der Waals surface area contributed by atoms with Crippen molar-refractivity contribution in [3.8, 4) is 39.6 Å². The Kier molecular flexibility index (Phi) is 3.44. The molecule has 3 aromatic heterocycles. The lowest BCUT2D eigenvalue weighted by Crippen LogP contribution is -1.97.